The number of ketones is 1. The second kappa shape index (κ2) is 5.52. The van der Waals surface area contributed by atoms with E-state index >= 15 is 0 Å². The minimum atomic E-state index is -0.455. The molecule has 5 heteroatoms. The summed E-state index contributed by atoms with van der Waals surface area (Å²) in [5.41, 5.74) is 2.58. The van der Waals surface area contributed by atoms with Gasteiger partial charge in [0.15, 0.2) is 5.78 Å². The van der Waals surface area contributed by atoms with Crippen molar-refractivity contribution in [2.24, 2.45) is 4.99 Å². The van der Waals surface area contributed by atoms with Gasteiger partial charge in [-0.25, -0.2) is 14.2 Å². The lowest BCUT2D eigenvalue weighted by molar-refractivity contribution is -0.112. The lowest BCUT2D eigenvalue weighted by Gasteiger charge is -2.15. The molecule has 0 unspecified atom stereocenters. The van der Waals surface area contributed by atoms with E-state index in [1.165, 1.54) is 31.4 Å². The molecule has 0 atom stereocenters. The van der Waals surface area contributed by atoms with Crippen LogP contribution in [0.1, 0.15) is 21.5 Å². The van der Waals surface area contributed by atoms with Crippen molar-refractivity contribution in [2.75, 3.05) is 7.11 Å². The Morgan fingerprint density at radius 1 is 1.18 bits per heavy atom. The van der Waals surface area contributed by atoms with Crippen LogP contribution in [0.3, 0.4) is 0 Å². The molecule has 0 saturated carbocycles. The van der Waals surface area contributed by atoms with Crippen molar-refractivity contribution in [3.8, 4) is 0 Å². The fraction of sp³-hybridized carbons (Fsp3) is 0.118. The molecule has 0 N–H and O–H groups in total. The van der Waals surface area contributed by atoms with Crippen LogP contribution in [0.25, 0.3) is 0 Å². The van der Waals surface area contributed by atoms with E-state index in [0.717, 1.165) is 0 Å². The average Bonchev–Trinajstić information content (AvgIpc) is 2.54. The fourth-order valence-corrected chi connectivity index (χ4v) is 2.35. The SMILES string of the molecule is COC(=O)c1ccc2c(c1)CC(=O)C(c1ccc(F)cc1)=N2. The molecule has 0 amide bonds. The first kappa shape index (κ1) is 14.1. The van der Waals surface area contributed by atoms with E-state index in [2.05, 4.69) is 9.73 Å². The van der Waals surface area contributed by atoms with Crippen molar-refractivity contribution in [3.05, 3.63) is 65.0 Å². The predicted octanol–water partition coefficient (Wildman–Crippen LogP) is 2.86. The van der Waals surface area contributed by atoms with Crippen molar-refractivity contribution in [1.29, 1.82) is 0 Å². The highest BCUT2D eigenvalue weighted by Gasteiger charge is 2.22. The number of halogens is 1. The normalized spacial score (nSPS) is 13.4. The third-order valence-corrected chi connectivity index (χ3v) is 3.47. The Morgan fingerprint density at radius 3 is 2.59 bits per heavy atom. The highest BCUT2D eigenvalue weighted by atomic mass is 19.1. The Morgan fingerprint density at radius 2 is 1.91 bits per heavy atom. The molecule has 2 aromatic rings. The van der Waals surface area contributed by atoms with Crippen LogP contribution < -0.4 is 0 Å². The van der Waals surface area contributed by atoms with Gasteiger partial charge in [0, 0.05) is 12.0 Å². The zero-order valence-corrected chi connectivity index (χ0v) is 11.8. The average molecular weight is 297 g/mol. The minimum absolute atomic E-state index is 0.149. The number of aliphatic imine (C=N–C) groups is 1. The predicted molar refractivity (Wildman–Crippen MR) is 79.1 cm³/mol. The van der Waals surface area contributed by atoms with Crippen LogP contribution in [0.5, 0.6) is 0 Å². The van der Waals surface area contributed by atoms with E-state index in [-0.39, 0.29) is 18.0 Å². The van der Waals surface area contributed by atoms with Crippen molar-refractivity contribution >= 4 is 23.2 Å². The Labute approximate surface area is 126 Å². The van der Waals surface area contributed by atoms with E-state index in [1.807, 2.05) is 0 Å². The summed E-state index contributed by atoms with van der Waals surface area (Å²) in [7, 11) is 1.30. The molecule has 110 valence electrons. The number of benzene rings is 2. The van der Waals surface area contributed by atoms with Crippen LogP contribution in [0.4, 0.5) is 10.1 Å². The molecule has 0 spiro atoms. The number of fused-ring (bicyclic) bond motifs is 1. The number of hydrogen-bond acceptors (Lipinski definition) is 4. The van der Waals surface area contributed by atoms with Gasteiger partial charge in [0.2, 0.25) is 0 Å². The van der Waals surface area contributed by atoms with Gasteiger partial charge < -0.3 is 4.74 Å². The maximum Gasteiger partial charge on any atom is 0.337 e. The molecule has 3 rings (SSSR count). The molecular weight excluding hydrogens is 285 g/mol. The summed E-state index contributed by atoms with van der Waals surface area (Å²) in [4.78, 5) is 28.1. The highest BCUT2D eigenvalue weighted by molar-refractivity contribution is 6.47. The monoisotopic (exact) mass is 297 g/mol. The van der Waals surface area contributed by atoms with E-state index in [9.17, 15) is 14.0 Å². The van der Waals surface area contributed by atoms with Crippen LogP contribution in [-0.2, 0) is 16.0 Å². The number of methoxy groups -OCH3 is 1. The molecule has 0 radical (unpaired) electrons. The maximum atomic E-state index is 13.0. The number of carbonyl (C=O) groups excluding carboxylic acids is 2. The molecule has 1 aliphatic heterocycles. The second-order valence-electron chi connectivity index (χ2n) is 4.90. The zero-order chi connectivity index (χ0) is 15.7. The summed E-state index contributed by atoms with van der Waals surface area (Å²) in [6.07, 6.45) is 0.149. The summed E-state index contributed by atoms with van der Waals surface area (Å²) in [5.74, 6) is -0.986. The van der Waals surface area contributed by atoms with Crippen molar-refractivity contribution < 1.29 is 18.7 Å². The van der Waals surface area contributed by atoms with E-state index in [0.29, 0.717) is 28.1 Å². The number of nitrogens with zero attached hydrogens (tertiary/aromatic N) is 1. The zero-order valence-electron chi connectivity index (χ0n) is 11.8. The minimum Gasteiger partial charge on any atom is -0.465 e. The highest BCUT2D eigenvalue weighted by Crippen LogP contribution is 2.27. The van der Waals surface area contributed by atoms with Gasteiger partial charge in [0.25, 0.3) is 0 Å². The molecule has 0 aliphatic carbocycles. The number of esters is 1. The summed E-state index contributed by atoms with van der Waals surface area (Å²) in [6.45, 7) is 0. The van der Waals surface area contributed by atoms with Crippen LogP contribution in [-0.4, -0.2) is 24.6 Å². The Kier molecular flexibility index (Phi) is 3.55. The molecule has 1 aliphatic rings. The summed E-state index contributed by atoms with van der Waals surface area (Å²) in [5, 5.41) is 0. The molecule has 22 heavy (non-hydrogen) atoms. The van der Waals surface area contributed by atoms with E-state index in [4.69, 9.17) is 0 Å². The Hall–Kier alpha value is -2.82. The second-order valence-corrected chi connectivity index (χ2v) is 4.90. The van der Waals surface area contributed by atoms with E-state index in [1.54, 1.807) is 18.2 Å². The number of hydrogen-bond donors (Lipinski definition) is 0. The van der Waals surface area contributed by atoms with Crippen molar-refractivity contribution in [1.82, 2.24) is 0 Å². The topological polar surface area (TPSA) is 55.7 Å². The van der Waals surface area contributed by atoms with Gasteiger partial charge in [-0.05, 0) is 48.0 Å². The first-order chi connectivity index (χ1) is 10.6. The number of Topliss-reactive ketones (excluding diaryl/α,β-unsaturated/α-hetero) is 1. The van der Waals surface area contributed by atoms with Crippen LogP contribution >= 0.6 is 0 Å². The number of rotatable bonds is 2. The standard InChI is InChI=1S/C17H12FNO3/c1-22-17(21)11-4-7-14-12(8-11)9-15(20)16(19-14)10-2-5-13(18)6-3-10/h2-8H,9H2,1H3. The summed E-state index contributed by atoms with van der Waals surface area (Å²) in [6, 6.07) is 10.5. The number of carbonyl (C=O) groups is 2. The van der Waals surface area contributed by atoms with Gasteiger partial charge in [0.1, 0.15) is 11.5 Å². The van der Waals surface area contributed by atoms with Gasteiger partial charge in [-0.15, -0.1) is 0 Å². The molecule has 4 nitrogen and oxygen atoms in total. The Balaban J connectivity index is 2.02. The lowest BCUT2D eigenvalue weighted by Crippen LogP contribution is -2.21. The van der Waals surface area contributed by atoms with Crippen LogP contribution in [0, 0.1) is 5.82 Å². The quantitative estimate of drug-likeness (QED) is 0.801. The van der Waals surface area contributed by atoms with Crippen LogP contribution in [0.15, 0.2) is 47.5 Å². The van der Waals surface area contributed by atoms with Crippen LogP contribution in [0.2, 0.25) is 0 Å². The largest absolute Gasteiger partial charge is 0.465 e. The molecule has 0 fully saturated rings. The number of ether oxygens (including phenoxy) is 1. The third kappa shape index (κ3) is 2.53. The maximum absolute atomic E-state index is 13.0. The first-order valence-corrected chi connectivity index (χ1v) is 6.67. The van der Waals surface area contributed by atoms with Crippen molar-refractivity contribution in [2.45, 2.75) is 6.42 Å². The first-order valence-electron chi connectivity index (χ1n) is 6.67. The summed E-state index contributed by atoms with van der Waals surface area (Å²) < 4.78 is 17.6. The van der Waals surface area contributed by atoms with Gasteiger partial charge in [-0.3, -0.25) is 4.79 Å². The molecular formula is C17H12FNO3. The molecule has 0 saturated heterocycles. The Bertz CT molecular complexity index is 794. The molecule has 1 heterocycles. The molecule has 0 aromatic heterocycles. The smallest absolute Gasteiger partial charge is 0.337 e. The van der Waals surface area contributed by atoms with E-state index < -0.39 is 5.97 Å². The fourth-order valence-electron chi connectivity index (χ4n) is 2.35. The molecule has 0 bridgehead atoms. The van der Waals surface area contributed by atoms with Gasteiger partial charge in [-0.1, -0.05) is 0 Å². The lowest BCUT2D eigenvalue weighted by atomic mass is 9.95. The van der Waals surface area contributed by atoms with Gasteiger partial charge in [0.05, 0.1) is 18.4 Å². The third-order valence-electron chi connectivity index (χ3n) is 3.47. The van der Waals surface area contributed by atoms with Gasteiger partial charge in [-0.2, -0.15) is 0 Å². The summed E-state index contributed by atoms with van der Waals surface area (Å²) >= 11 is 0. The van der Waals surface area contributed by atoms with Crippen molar-refractivity contribution in [3.63, 3.8) is 0 Å². The van der Waals surface area contributed by atoms with Gasteiger partial charge >= 0.3 is 5.97 Å². The molecule has 2 aromatic carbocycles.